The summed E-state index contributed by atoms with van der Waals surface area (Å²) in [4.78, 5) is 15.6. The maximum absolute atomic E-state index is 11.0. The monoisotopic (exact) mass is 200 g/mol. The Morgan fingerprint density at radius 3 is 2.79 bits per heavy atom. The maximum atomic E-state index is 11.0. The van der Waals surface area contributed by atoms with Crippen LogP contribution in [0.2, 0.25) is 0 Å². The van der Waals surface area contributed by atoms with Crippen molar-refractivity contribution in [3.05, 3.63) is 0 Å². The summed E-state index contributed by atoms with van der Waals surface area (Å²) >= 11 is 0. The molecule has 1 aliphatic rings. The fourth-order valence-electron chi connectivity index (χ4n) is 1.93. The summed E-state index contributed by atoms with van der Waals surface area (Å²) in [6.07, 6.45) is 0. The predicted molar refractivity (Wildman–Crippen MR) is 55.5 cm³/mol. The molecule has 0 aromatic carbocycles. The van der Waals surface area contributed by atoms with Crippen LogP contribution < -0.4 is 11.3 Å². The number of nitrogens with one attached hydrogen (secondary N) is 1. The molecule has 0 aromatic rings. The predicted octanol–water partition coefficient (Wildman–Crippen LogP) is -0.998. The Bertz CT molecular complexity index is 197. The highest BCUT2D eigenvalue weighted by Crippen LogP contribution is 2.07. The van der Waals surface area contributed by atoms with E-state index in [0.717, 1.165) is 26.2 Å². The number of carbonyl (C=O) groups excluding carboxylic acids is 1. The van der Waals surface area contributed by atoms with Crippen molar-refractivity contribution >= 4 is 5.91 Å². The van der Waals surface area contributed by atoms with Crippen LogP contribution in [0.4, 0.5) is 0 Å². The first kappa shape index (κ1) is 11.4. The lowest BCUT2D eigenvalue weighted by atomic mass is 10.2. The third-order valence-electron chi connectivity index (χ3n) is 2.78. The Morgan fingerprint density at radius 2 is 2.29 bits per heavy atom. The van der Waals surface area contributed by atoms with Crippen molar-refractivity contribution in [2.24, 2.45) is 5.84 Å². The lowest BCUT2D eigenvalue weighted by Gasteiger charge is -2.38. The van der Waals surface area contributed by atoms with Crippen LogP contribution in [-0.4, -0.2) is 54.5 Å². The van der Waals surface area contributed by atoms with Gasteiger partial charge in [-0.3, -0.25) is 20.0 Å². The fraction of sp³-hybridized carbons (Fsp3) is 0.889. The SMILES string of the molecule is CCN1CCN(CC(=O)NN)CC1C. The summed E-state index contributed by atoms with van der Waals surface area (Å²) in [5.74, 6) is 4.93. The number of rotatable bonds is 3. The third-order valence-corrected chi connectivity index (χ3v) is 2.78. The highest BCUT2D eigenvalue weighted by Gasteiger charge is 2.23. The minimum Gasteiger partial charge on any atom is -0.298 e. The summed E-state index contributed by atoms with van der Waals surface area (Å²) in [5, 5.41) is 0. The lowest BCUT2D eigenvalue weighted by molar-refractivity contribution is -0.123. The number of nitrogens with zero attached hydrogens (tertiary/aromatic N) is 2. The average Bonchev–Trinajstić information content (AvgIpc) is 2.18. The van der Waals surface area contributed by atoms with Crippen molar-refractivity contribution < 1.29 is 4.79 Å². The van der Waals surface area contributed by atoms with Gasteiger partial charge in [0, 0.05) is 25.7 Å². The van der Waals surface area contributed by atoms with Crippen molar-refractivity contribution in [1.82, 2.24) is 15.2 Å². The third kappa shape index (κ3) is 2.94. The molecule has 1 saturated heterocycles. The van der Waals surface area contributed by atoms with Crippen molar-refractivity contribution in [2.75, 3.05) is 32.7 Å². The van der Waals surface area contributed by atoms with E-state index in [1.54, 1.807) is 0 Å². The van der Waals surface area contributed by atoms with Crippen molar-refractivity contribution in [2.45, 2.75) is 19.9 Å². The largest absolute Gasteiger partial charge is 0.298 e. The molecule has 1 aliphatic heterocycles. The van der Waals surface area contributed by atoms with Crippen LogP contribution in [0.5, 0.6) is 0 Å². The zero-order chi connectivity index (χ0) is 10.6. The number of nitrogens with two attached hydrogens (primary N) is 1. The van der Waals surface area contributed by atoms with Gasteiger partial charge in [0.25, 0.3) is 0 Å². The molecule has 5 heteroatoms. The smallest absolute Gasteiger partial charge is 0.248 e. The zero-order valence-electron chi connectivity index (χ0n) is 8.99. The molecule has 0 aromatic heterocycles. The van der Waals surface area contributed by atoms with E-state index >= 15 is 0 Å². The Morgan fingerprint density at radius 1 is 1.57 bits per heavy atom. The number of hydrogen-bond donors (Lipinski definition) is 2. The van der Waals surface area contributed by atoms with Gasteiger partial charge in [0.15, 0.2) is 0 Å². The number of hydrogen-bond acceptors (Lipinski definition) is 4. The van der Waals surface area contributed by atoms with Gasteiger partial charge in [-0.15, -0.1) is 0 Å². The second-order valence-corrected chi connectivity index (χ2v) is 3.78. The van der Waals surface area contributed by atoms with Crippen LogP contribution in [0, 0.1) is 0 Å². The van der Waals surface area contributed by atoms with E-state index in [0.29, 0.717) is 12.6 Å². The molecule has 0 bridgehead atoms. The molecular weight excluding hydrogens is 180 g/mol. The molecule has 1 atom stereocenters. The topological polar surface area (TPSA) is 61.6 Å². The number of carbonyl (C=O) groups is 1. The van der Waals surface area contributed by atoms with Gasteiger partial charge in [-0.25, -0.2) is 5.84 Å². The van der Waals surface area contributed by atoms with Gasteiger partial charge in [-0.2, -0.15) is 0 Å². The van der Waals surface area contributed by atoms with E-state index < -0.39 is 0 Å². The Hall–Kier alpha value is -0.650. The molecule has 82 valence electrons. The van der Waals surface area contributed by atoms with Crippen LogP contribution in [-0.2, 0) is 4.79 Å². The second-order valence-electron chi connectivity index (χ2n) is 3.78. The van der Waals surface area contributed by atoms with Gasteiger partial charge in [-0.05, 0) is 13.5 Å². The lowest BCUT2D eigenvalue weighted by Crippen LogP contribution is -2.54. The molecule has 1 rings (SSSR count). The van der Waals surface area contributed by atoms with E-state index in [-0.39, 0.29) is 5.91 Å². The molecule has 3 N–H and O–H groups in total. The second kappa shape index (κ2) is 5.29. The summed E-state index contributed by atoms with van der Waals surface area (Å²) in [6, 6.07) is 0.527. The molecule has 1 unspecified atom stereocenters. The Balaban J connectivity index is 2.35. The number of amides is 1. The van der Waals surface area contributed by atoms with Gasteiger partial charge in [0.1, 0.15) is 0 Å². The van der Waals surface area contributed by atoms with Gasteiger partial charge < -0.3 is 0 Å². The van der Waals surface area contributed by atoms with Crippen LogP contribution in [0.1, 0.15) is 13.8 Å². The summed E-state index contributed by atoms with van der Waals surface area (Å²) in [6.45, 7) is 8.79. The molecule has 1 heterocycles. The molecule has 0 spiro atoms. The first-order valence-corrected chi connectivity index (χ1v) is 5.13. The van der Waals surface area contributed by atoms with Crippen LogP contribution >= 0.6 is 0 Å². The molecule has 0 saturated carbocycles. The van der Waals surface area contributed by atoms with Crippen molar-refractivity contribution in [1.29, 1.82) is 0 Å². The quantitative estimate of drug-likeness (QED) is 0.348. The van der Waals surface area contributed by atoms with Crippen molar-refractivity contribution in [3.63, 3.8) is 0 Å². The molecule has 5 nitrogen and oxygen atoms in total. The Kier molecular flexibility index (Phi) is 4.31. The maximum Gasteiger partial charge on any atom is 0.248 e. The molecule has 0 aliphatic carbocycles. The van der Waals surface area contributed by atoms with E-state index in [1.165, 1.54) is 0 Å². The van der Waals surface area contributed by atoms with Crippen LogP contribution in [0.3, 0.4) is 0 Å². The first-order valence-electron chi connectivity index (χ1n) is 5.13. The standard InChI is InChI=1S/C9H20N4O/c1-3-13-5-4-12(6-8(13)2)7-9(14)11-10/h8H,3-7,10H2,1-2H3,(H,11,14). The van der Waals surface area contributed by atoms with Crippen LogP contribution in [0.15, 0.2) is 0 Å². The number of likely N-dealkylation sites (N-methyl/N-ethyl adjacent to an activating group) is 1. The van der Waals surface area contributed by atoms with E-state index in [2.05, 4.69) is 29.1 Å². The van der Waals surface area contributed by atoms with E-state index in [9.17, 15) is 4.79 Å². The van der Waals surface area contributed by atoms with E-state index in [4.69, 9.17) is 5.84 Å². The van der Waals surface area contributed by atoms with Crippen molar-refractivity contribution in [3.8, 4) is 0 Å². The molecule has 1 amide bonds. The summed E-state index contributed by atoms with van der Waals surface area (Å²) in [7, 11) is 0. The Labute approximate surface area is 85.2 Å². The summed E-state index contributed by atoms with van der Waals surface area (Å²) < 4.78 is 0. The van der Waals surface area contributed by atoms with Gasteiger partial charge in [-0.1, -0.05) is 6.92 Å². The fourth-order valence-corrected chi connectivity index (χ4v) is 1.93. The minimum absolute atomic E-state index is 0.109. The number of hydrazine groups is 1. The van der Waals surface area contributed by atoms with E-state index in [1.807, 2.05) is 0 Å². The van der Waals surface area contributed by atoms with Gasteiger partial charge in [0.05, 0.1) is 6.54 Å². The van der Waals surface area contributed by atoms with Gasteiger partial charge in [0.2, 0.25) is 5.91 Å². The van der Waals surface area contributed by atoms with Crippen LogP contribution in [0.25, 0.3) is 0 Å². The molecular formula is C9H20N4O. The molecule has 1 fully saturated rings. The highest BCUT2D eigenvalue weighted by atomic mass is 16.2. The average molecular weight is 200 g/mol. The minimum atomic E-state index is -0.109. The summed E-state index contributed by atoms with van der Waals surface area (Å²) in [5.41, 5.74) is 2.16. The first-order chi connectivity index (χ1) is 6.67. The highest BCUT2D eigenvalue weighted by molar-refractivity contribution is 5.77. The molecule has 0 radical (unpaired) electrons. The normalized spacial score (nSPS) is 24.9. The zero-order valence-corrected chi connectivity index (χ0v) is 8.99. The number of piperazine rings is 1. The molecule has 14 heavy (non-hydrogen) atoms. The van der Waals surface area contributed by atoms with Gasteiger partial charge >= 0.3 is 0 Å².